The molecule has 0 spiro atoms. The van der Waals surface area contributed by atoms with Gasteiger partial charge in [-0.15, -0.1) is 0 Å². The lowest BCUT2D eigenvalue weighted by atomic mass is 10.1. The number of benzene rings is 2. The normalized spacial score (nSPS) is 13.6. The Kier molecular flexibility index (Phi) is 4.57. The topological polar surface area (TPSA) is 57.2 Å². The van der Waals surface area contributed by atoms with E-state index in [-0.39, 0.29) is 5.88 Å². The molecular formula is C20H21N3OS. The van der Waals surface area contributed by atoms with Crippen LogP contribution in [0.5, 0.6) is 5.88 Å². The zero-order valence-corrected chi connectivity index (χ0v) is 14.7. The van der Waals surface area contributed by atoms with Crippen molar-refractivity contribution in [3.8, 4) is 5.88 Å². The summed E-state index contributed by atoms with van der Waals surface area (Å²) in [5.41, 5.74) is 3.91. The van der Waals surface area contributed by atoms with Crippen molar-refractivity contribution in [2.24, 2.45) is 0 Å². The highest BCUT2D eigenvalue weighted by Crippen LogP contribution is 2.31. The van der Waals surface area contributed by atoms with Gasteiger partial charge in [-0.25, -0.2) is 0 Å². The first-order valence-electron chi connectivity index (χ1n) is 8.59. The number of aromatic hydroxyl groups is 1. The number of rotatable bonds is 6. The predicted octanol–water partition coefficient (Wildman–Crippen LogP) is 4.08. The van der Waals surface area contributed by atoms with Crippen LogP contribution in [0.4, 0.5) is 10.8 Å². The Morgan fingerprint density at radius 3 is 2.40 bits per heavy atom. The van der Waals surface area contributed by atoms with Gasteiger partial charge in [0, 0.05) is 24.7 Å². The van der Waals surface area contributed by atoms with E-state index in [1.165, 1.54) is 11.1 Å². The average molecular weight is 351 g/mol. The molecule has 25 heavy (non-hydrogen) atoms. The molecule has 1 aliphatic rings. The predicted molar refractivity (Wildman–Crippen MR) is 104 cm³/mol. The molecule has 128 valence electrons. The van der Waals surface area contributed by atoms with Gasteiger partial charge in [0.2, 0.25) is 5.88 Å². The maximum Gasteiger partial charge on any atom is 0.227 e. The summed E-state index contributed by atoms with van der Waals surface area (Å²) < 4.78 is 0. The second-order valence-electron chi connectivity index (χ2n) is 6.33. The van der Waals surface area contributed by atoms with Gasteiger partial charge in [0.1, 0.15) is 0 Å². The van der Waals surface area contributed by atoms with Crippen LogP contribution in [0.2, 0.25) is 0 Å². The molecule has 0 fully saturated rings. The lowest BCUT2D eigenvalue weighted by Crippen LogP contribution is -2.19. The molecule has 3 aromatic rings. The number of para-hydroxylation sites is 1. The average Bonchev–Trinajstić information content (AvgIpc) is 3.18. The monoisotopic (exact) mass is 351 g/mol. The molecule has 0 unspecified atom stereocenters. The van der Waals surface area contributed by atoms with Crippen molar-refractivity contribution in [2.75, 3.05) is 17.2 Å². The molecule has 4 nitrogen and oxygen atoms in total. The van der Waals surface area contributed by atoms with Crippen LogP contribution in [0.25, 0.3) is 0 Å². The lowest BCUT2D eigenvalue weighted by molar-refractivity contribution is 0.452. The maximum atomic E-state index is 10.1. The molecule has 1 aromatic heterocycles. The number of hydrogen-bond acceptors (Lipinski definition) is 5. The first-order chi connectivity index (χ1) is 12.3. The molecule has 0 saturated heterocycles. The van der Waals surface area contributed by atoms with Gasteiger partial charge < -0.3 is 15.7 Å². The number of hydrogen-bond donors (Lipinski definition) is 3. The van der Waals surface area contributed by atoms with E-state index in [2.05, 4.69) is 39.9 Å². The van der Waals surface area contributed by atoms with Gasteiger partial charge in [0.15, 0.2) is 5.13 Å². The molecule has 2 aromatic carbocycles. The molecule has 0 saturated carbocycles. The molecule has 0 bridgehead atoms. The highest BCUT2D eigenvalue weighted by molar-refractivity contribution is 7.15. The minimum Gasteiger partial charge on any atom is -0.492 e. The lowest BCUT2D eigenvalue weighted by Gasteiger charge is -2.09. The van der Waals surface area contributed by atoms with Crippen LogP contribution >= 0.6 is 11.3 Å². The van der Waals surface area contributed by atoms with Crippen molar-refractivity contribution in [3.63, 3.8) is 0 Å². The van der Waals surface area contributed by atoms with Gasteiger partial charge in [-0.1, -0.05) is 53.8 Å². The Morgan fingerprint density at radius 2 is 1.68 bits per heavy atom. The Hall–Kier alpha value is -2.53. The van der Waals surface area contributed by atoms with Crippen molar-refractivity contribution >= 4 is 22.2 Å². The zero-order chi connectivity index (χ0) is 17.1. The van der Waals surface area contributed by atoms with Crippen LogP contribution in [0.3, 0.4) is 0 Å². The second kappa shape index (κ2) is 7.15. The summed E-state index contributed by atoms with van der Waals surface area (Å²) in [6.45, 7) is 0.772. The summed E-state index contributed by atoms with van der Waals surface area (Å²) in [6, 6.07) is 19.0. The fourth-order valence-corrected chi connectivity index (χ4v) is 4.21. The van der Waals surface area contributed by atoms with E-state index in [0.29, 0.717) is 6.04 Å². The number of fused-ring (bicyclic) bond motifs is 1. The van der Waals surface area contributed by atoms with E-state index in [9.17, 15) is 5.11 Å². The largest absolute Gasteiger partial charge is 0.492 e. The fourth-order valence-electron chi connectivity index (χ4n) is 3.28. The molecule has 0 radical (unpaired) electrons. The Bertz CT molecular complexity index is 822. The number of anilines is 2. The van der Waals surface area contributed by atoms with E-state index in [4.69, 9.17) is 0 Å². The van der Waals surface area contributed by atoms with Crippen LogP contribution in [0.1, 0.15) is 16.0 Å². The minimum atomic E-state index is 0.151. The molecule has 0 atom stereocenters. The van der Waals surface area contributed by atoms with Crippen molar-refractivity contribution in [3.05, 3.63) is 70.6 Å². The third-order valence-electron chi connectivity index (χ3n) is 4.51. The van der Waals surface area contributed by atoms with E-state index in [0.717, 1.165) is 41.5 Å². The van der Waals surface area contributed by atoms with Crippen LogP contribution in [-0.4, -0.2) is 22.7 Å². The number of thiazole rings is 1. The maximum absolute atomic E-state index is 10.1. The van der Waals surface area contributed by atoms with Crippen molar-refractivity contribution < 1.29 is 5.11 Å². The van der Waals surface area contributed by atoms with E-state index >= 15 is 0 Å². The SMILES string of the molecule is Oc1nc(NC2Cc3ccccc3C2)sc1CCNc1ccccc1. The number of nitrogens with zero attached hydrogens (tertiary/aromatic N) is 1. The third kappa shape index (κ3) is 3.77. The molecule has 1 heterocycles. The van der Waals surface area contributed by atoms with Crippen LogP contribution in [0, 0.1) is 0 Å². The Labute approximate surface area is 151 Å². The van der Waals surface area contributed by atoms with Gasteiger partial charge in [-0.2, -0.15) is 4.98 Å². The van der Waals surface area contributed by atoms with Gasteiger partial charge >= 0.3 is 0 Å². The molecule has 0 aliphatic heterocycles. The molecular weight excluding hydrogens is 330 g/mol. The summed E-state index contributed by atoms with van der Waals surface area (Å²) in [4.78, 5) is 5.22. The third-order valence-corrected chi connectivity index (χ3v) is 5.55. The van der Waals surface area contributed by atoms with Crippen LogP contribution < -0.4 is 10.6 Å². The molecule has 3 N–H and O–H groups in total. The first kappa shape index (κ1) is 16.0. The minimum absolute atomic E-state index is 0.151. The quantitative estimate of drug-likeness (QED) is 0.626. The first-order valence-corrected chi connectivity index (χ1v) is 9.40. The fraction of sp³-hybridized carbons (Fsp3) is 0.250. The van der Waals surface area contributed by atoms with Crippen molar-refractivity contribution in [2.45, 2.75) is 25.3 Å². The van der Waals surface area contributed by atoms with E-state index in [1.807, 2.05) is 30.3 Å². The van der Waals surface area contributed by atoms with E-state index in [1.54, 1.807) is 11.3 Å². The molecule has 0 amide bonds. The van der Waals surface area contributed by atoms with E-state index < -0.39 is 0 Å². The van der Waals surface area contributed by atoms with Crippen molar-refractivity contribution in [1.82, 2.24) is 4.98 Å². The molecule has 5 heteroatoms. The molecule has 1 aliphatic carbocycles. The van der Waals surface area contributed by atoms with Gasteiger partial charge in [-0.05, 0) is 36.1 Å². The Morgan fingerprint density at radius 1 is 1.00 bits per heavy atom. The second-order valence-corrected chi connectivity index (χ2v) is 7.41. The summed E-state index contributed by atoms with van der Waals surface area (Å²) >= 11 is 1.55. The summed E-state index contributed by atoms with van der Waals surface area (Å²) in [5.74, 6) is 0.151. The van der Waals surface area contributed by atoms with Gasteiger partial charge in [-0.3, -0.25) is 0 Å². The Balaban J connectivity index is 1.33. The van der Waals surface area contributed by atoms with Gasteiger partial charge in [0.25, 0.3) is 0 Å². The summed E-state index contributed by atoms with van der Waals surface area (Å²) in [7, 11) is 0. The highest BCUT2D eigenvalue weighted by atomic mass is 32.1. The van der Waals surface area contributed by atoms with Crippen LogP contribution in [0.15, 0.2) is 54.6 Å². The standard InChI is InChI=1S/C20H21N3OS/c24-19-18(10-11-21-16-8-2-1-3-9-16)25-20(23-19)22-17-12-14-6-4-5-7-15(14)13-17/h1-9,17,21,24H,10-13H2,(H,22,23). The smallest absolute Gasteiger partial charge is 0.227 e. The summed E-state index contributed by atoms with van der Waals surface area (Å²) in [5, 5.41) is 17.8. The highest BCUT2D eigenvalue weighted by Gasteiger charge is 2.22. The molecule has 4 rings (SSSR count). The number of aromatic nitrogens is 1. The van der Waals surface area contributed by atoms with Gasteiger partial charge in [0.05, 0.1) is 4.88 Å². The van der Waals surface area contributed by atoms with Crippen molar-refractivity contribution in [1.29, 1.82) is 0 Å². The van der Waals surface area contributed by atoms with Crippen LogP contribution in [-0.2, 0) is 19.3 Å². The number of nitrogens with one attached hydrogen (secondary N) is 2. The summed E-state index contributed by atoms with van der Waals surface area (Å²) in [6.07, 6.45) is 2.79. The zero-order valence-electron chi connectivity index (χ0n) is 13.9.